The Morgan fingerprint density at radius 2 is 2.17 bits per heavy atom. The Bertz CT molecular complexity index is 1450. The molecule has 0 saturated heterocycles. The van der Waals surface area contributed by atoms with E-state index in [0.717, 1.165) is 11.3 Å². The van der Waals surface area contributed by atoms with Gasteiger partial charge in [0.25, 0.3) is 0 Å². The number of hydrogen-bond acceptors (Lipinski definition) is 10. The molecule has 4 heterocycles. The van der Waals surface area contributed by atoms with Crippen molar-refractivity contribution < 1.29 is 13.9 Å². The fourth-order valence-electron chi connectivity index (χ4n) is 3.00. The molecule has 11 heteroatoms. The number of esters is 1. The van der Waals surface area contributed by atoms with Gasteiger partial charge in [0.1, 0.15) is 17.0 Å². The van der Waals surface area contributed by atoms with Gasteiger partial charge in [0.15, 0.2) is 10.7 Å². The summed E-state index contributed by atoms with van der Waals surface area (Å²) in [5, 5.41) is 7.98. The molecule has 0 saturated carbocycles. The zero-order valence-electron chi connectivity index (χ0n) is 15.5. The normalized spacial score (nSPS) is 11.2. The fraction of sp³-hybridized carbons (Fsp3) is 0.105. The largest absolute Gasteiger partial charge is 0.462 e. The van der Waals surface area contributed by atoms with Gasteiger partial charge in [-0.05, 0) is 19.1 Å². The van der Waals surface area contributed by atoms with E-state index in [1.54, 1.807) is 24.4 Å². The van der Waals surface area contributed by atoms with Crippen LogP contribution in [0.2, 0.25) is 0 Å². The van der Waals surface area contributed by atoms with E-state index in [0.29, 0.717) is 37.8 Å². The van der Waals surface area contributed by atoms with Gasteiger partial charge in [-0.25, -0.2) is 24.5 Å². The standard InChI is InChI=1S/C19H13N5O4S2/c1-2-27-17(25)10-6-29-16-14(10)15(20-8-21-16)24-18-22-12(7-30-18)9-3-4-11-13(5-9)28-19(26)23-11/h3-8H,2H2,1H3,(H,23,26)(H,20,21,22,24). The summed E-state index contributed by atoms with van der Waals surface area (Å²) in [5.41, 5.74) is 3.05. The molecule has 0 radical (unpaired) electrons. The van der Waals surface area contributed by atoms with E-state index >= 15 is 0 Å². The number of H-pyrrole nitrogens is 1. The van der Waals surface area contributed by atoms with Crippen molar-refractivity contribution in [2.75, 3.05) is 11.9 Å². The molecule has 0 atom stereocenters. The van der Waals surface area contributed by atoms with E-state index in [-0.39, 0.29) is 6.61 Å². The number of carbonyl (C=O) groups excluding carboxylic acids is 1. The number of thiazole rings is 1. The highest BCUT2D eigenvalue weighted by atomic mass is 32.1. The van der Waals surface area contributed by atoms with Crippen LogP contribution in [0, 0.1) is 0 Å². The number of fused-ring (bicyclic) bond motifs is 2. The van der Waals surface area contributed by atoms with Crippen molar-refractivity contribution in [3.8, 4) is 11.3 Å². The van der Waals surface area contributed by atoms with Crippen LogP contribution in [0.25, 0.3) is 32.6 Å². The molecule has 0 aliphatic rings. The predicted molar refractivity (Wildman–Crippen MR) is 115 cm³/mol. The number of hydrogen-bond donors (Lipinski definition) is 2. The number of aromatic nitrogens is 4. The molecule has 0 bridgehead atoms. The molecule has 0 spiro atoms. The van der Waals surface area contributed by atoms with Crippen molar-refractivity contribution >= 4 is 60.9 Å². The third-order valence-corrected chi connectivity index (χ3v) is 5.96. The van der Waals surface area contributed by atoms with E-state index in [1.807, 2.05) is 11.4 Å². The number of oxazole rings is 1. The van der Waals surface area contributed by atoms with Crippen LogP contribution in [0.1, 0.15) is 17.3 Å². The lowest BCUT2D eigenvalue weighted by molar-refractivity contribution is 0.0529. The summed E-state index contributed by atoms with van der Waals surface area (Å²) in [7, 11) is 0. The van der Waals surface area contributed by atoms with Crippen LogP contribution in [0.3, 0.4) is 0 Å². The second-order valence-corrected chi connectivity index (χ2v) is 7.88. The number of nitrogens with zero attached hydrogens (tertiary/aromatic N) is 3. The average Bonchev–Trinajstić information content (AvgIpc) is 3.45. The first kappa shape index (κ1) is 18.5. The number of anilines is 2. The van der Waals surface area contributed by atoms with Crippen LogP contribution in [0.5, 0.6) is 0 Å². The summed E-state index contributed by atoms with van der Waals surface area (Å²) in [4.78, 5) is 40.0. The number of ether oxygens (including phenoxy) is 1. The van der Waals surface area contributed by atoms with Crippen molar-refractivity contribution in [1.29, 1.82) is 0 Å². The molecule has 30 heavy (non-hydrogen) atoms. The molecule has 5 aromatic rings. The van der Waals surface area contributed by atoms with Crippen LogP contribution in [-0.2, 0) is 4.74 Å². The lowest BCUT2D eigenvalue weighted by atomic mass is 10.1. The highest BCUT2D eigenvalue weighted by Crippen LogP contribution is 2.33. The Kier molecular flexibility index (Phi) is 4.52. The smallest absolute Gasteiger partial charge is 0.417 e. The van der Waals surface area contributed by atoms with Gasteiger partial charge >= 0.3 is 11.7 Å². The highest BCUT2D eigenvalue weighted by Gasteiger charge is 2.19. The number of rotatable bonds is 5. The summed E-state index contributed by atoms with van der Waals surface area (Å²) in [6, 6.07) is 5.38. The second-order valence-electron chi connectivity index (χ2n) is 6.16. The lowest BCUT2D eigenvalue weighted by Crippen LogP contribution is -2.05. The molecule has 1 aromatic carbocycles. The summed E-state index contributed by atoms with van der Waals surface area (Å²) in [6.45, 7) is 2.04. The number of benzene rings is 1. The molecular weight excluding hydrogens is 426 g/mol. The van der Waals surface area contributed by atoms with Gasteiger partial charge in [-0.2, -0.15) is 0 Å². The molecular formula is C19H13N5O4S2. The second kappa shape index (κ2) is 7.35. The van der Waals surface area contributed by atoms with Crippen LogP contribution in [0.4, 0.5) is 10.9 Å². The molecule has 0 unspecified atom stereocenters. The Labute approximate surface area is 176 Å². The lowest BCUT2D eigenvalue weighted by Gasteiger charge is -2.05. The maximum atomic E-state index is 12.3. The van der Waals surface area contributed by atoms with E-state index in [1.165, 1.54) is 29.0 Å². The molecule has 9 nitrogen and oxygen atoms in total. The monoisotopic (exact) mass is 439 g/mol. The number of thiophene rings is 1. The molecule has 150 valence electrons. The number of aromatic amines is 1. The van der Waals surface area contributed by atoms with Crippen LogP contribution in [0.15, 0.2) is 44.5 Å². The first-order valence-corrected chi connectivity index (χ1v) is 10.6. The molecule has 4 aromatic heterocycles. The van der Waals surface area contributed by atoms with Crippen molar-refractivity contribution in [2.24, 2.45) is 0 Å². The minimum Gasteiger partial charge on any atom is -0.462 e. The Hall–Kier alpha value is -3.57. The average molecular weight is 439 g/mol. The Morgan fingerprint density at radius 3 is 3.03 bits per heavy atom. The maximum absolute atomic E-state index is 12.3. The van der Waals surface area contributed by atoms with Gasteiger partial charge in [-0.3, -0.25) is 4.98 Å². The van der Waals surface area contributed by atoms with E-state index in [9.17, 15) is 9.59 Å². The van der Waals surface area contributed by atoms with Gasteiger partial charge in [-0.1, -0.05) is 6.07 Å². The van der Waals surface area contributed by atoms with Crippen LogP contribution >= 0.6 is 22.7 Å². The van der Waals surface area contributed by atoms with Crippen molar-refractivity contribution in [3.05, 3.63) is 51.4 Å². The van der Waals surface area contributed by atoms with E-state index in [4.69, 9.17) is 9.15 Å². The zero-order chi connectivity index (χ0) is 20.7. The molecule has 0 aliphatic heterocycles. The van der Waals surface area contributed by atoms with Gasteiger partial charge in [0, 0.05) is 16.3 Å². The van der Waals surface area contributed by atoms with Crippen molar-refractivity contribution in [1.82, 2.24) is 19.9 Å². The molecule has 0 fully saturated rings. The zero-order valence-corrected chi connectivity index (χ0v) is 17.1. The van der Waals surface area contributed by atoms with Gasteiger partial charge in [-0.15, -0.1) is 22.7 Å². The first-order valence-electron chi connectivity index (χ1n) is 8.87. The summed E-state index contributed by atoms with van der Waals surface area (Å²) >= 11 is 2.74. The topological polar surface area (TPSA) is 123 Å². The van der Waals surface area contributed by atoms with E-state index in [2.05, 4.69) is 25.3 Å². The third-order valence-electron chi connectivity index (χ3n) is 4.31. The van der Waals surface area contributed by atoms with Crippen molar-refractivity contribution in [2.45, 2.75) is 6.92 Å². The van der Waals surface area contributed by atoms with Crippen molar-refractivity contribution in [3.63, 3.8) is 0 Å². The quantitative estimate of drug-likeness (QED) is 0.391. The number of nitrogens with one attached hydrogen (secondary N) is 2. The molecule has 0 aliphatic carbocycles. The predicted octanol–water partition coefficient (Wildman–Crippen LogP) is 4.17. The third kappa shape index (κ3) is 3.23. The first-order chi connectivity index (χ1) is 14.6. The summed E-state index contributed by atoms with van der Waals surface area (Å²) in [5.74, 6) is -0.427. The van der Waals surface area contributed by atoms with Gasteiger partial charge in [0.05, 0.1) is 28.8 Å². The molecule has 0 amide bonds. The SMILES string of the molecule is CCOC(=O)c1csc2ncnc(Nc3nc(-c4ccc5[nH]c(=O)oc5c4)cs3)c12. The van der Waals surface area contributed by atoms with Crippen LogP contribution < -0.4 is 11.1 Å². The van der Waals surface area contributed by atoms with E-state index < -0.39 is 11.7 Å². The highest BCUT2D eigenvalue weighted by molar-refractivity contribution is 7.17. The van der Waals surface area contributed by atoms with Gasteiger partial charge < -0.3 is 14.5 Å². The Morgan fingerprint density at radius 1 is 1.27 bits per heavy atom. The molecule has 5 rings (SSSR count). The molecule has 2 N–H and O–H groups in total. The maximum Gasteiger partial charge on any atom is 0.417 e. The summed E-state index contributed by atoms with van der Waals surface area (Å²) < 4.78 is 10.3. The Balaban J connectivity index is 1.49. The fourth-order valence-corrected chi connectivity index (χ4v) is 4.59. The minimum atomic E-state index is -0.497. The van der Waals surface area contributed by atoms with Gasteiger partial charge in [0.2, 0.25) is 0 Å². The summed E-state index contributed by atoms with van der Waals surface area (Å²) in [6.07, 6.45) is 1.44. The minimum absolute atomic E-state index is 0.286. The van der Waals surface area contributed by atoms with Crippen LogP contribution in [-0.4, -0.2) is 32.5 Å². The number of carbonyl (C=O) groups is 1.